The highest BCUT2D eigenvalue weighted by molar-refractivity contribution is 6.31. The summed E-state index contributed by atoms with van der Waals surface area (Å²) in [5.41, 5.74) is 2.62. The number of anilines is 2. The fourth-order valence-corrected chi connectivity index (χ4v) is 3.81. The Kier molecular flexibility index (Phi) is 4.44. The third-order valence-corrected chi connectivity index (χ3v) is 5.48. The van der Waals surface area contributed by atoms with Crippen LogP contribution < -0.4 is 16.0 Å². The van der Waals surface area contributed by atoms with Gasteiger partial charge in [-0.1, -0.05) is 29.8 Å². The summed E-state index contributed by atoms with van der Waals surface area (Å²) in [6, 6.07) is 12.8. The summed E-state index contributed by atoms with van der Waals surface area (Å²) < 4.78 is 0. The normalized spacial score (nSPS) is 17.7. The summed E-state index contributed by atoms with van der Waals surface area (Å²) in [7, 11) is 0. The molecule has 3 N–H and O–H groups in total. The van der Waals surface area contributed by atoms with Crippen LogP contribution in [0.5, 0.6) is 0 Å². The summed E-state index contributed by atoms with van der Waals surface area (Å²) in [6.07, 6.45) is 1.23. The molecule has 2 aliphatic rings. The van der Waals surface area contributed by atoms with E-state index in [1.165, 1.54) is 0 Å². The molecule has 0 unspecified atom stereocenters. The third-order valence-electron chi connectivity index (χ3n) is 5.24. The zero-order valence-electron chi connectivity index (χ0n) is 15.0. The van der Waals surface area contributed by atoms with Crippen molar-refractivity contribution in [3.8, 4) is 0 Å². The van der Waals surface area contributed by atoms with Gasteiger partial charge in [-0.05, 0) is 36.8 Å². The molecule has 0 saturated carbocycles. The molecule has 140 valence electrons. The van der Waals surface area contributed by atoms with Gasteiger partial charge in [-0.2, -0.15) is 0 Å². The highest BCUT2D eigenvalue weighted by Gasteiger charge is 2.41. The van der Waals surface area contributed by atoms with Crippen LogP contribution in [0.3, 0.4) is 0 Å². The summed E-state index contributed by atoms with van der Waals surface area (Å²) in [5.74, 6) is -0.113. The molecule has 7 heteroatoms. The van der Waals surface area contributed by atoms with Crippen LogP contribution in [0.25, 0.3) is 0 Å². The minimum atomic E-state index is -0.547. The molecule has 2 heterocycles. The van der Waals surface area contributed by atoms with Crippen LogP contribution in [0.4, 0.5) is 16.2 Å². The van der Waals surface area contributed by atoms with E-state index in [0.717, 1.165) is 16.9 Å². The summed E-state index contributed by atoms with van der Waals surface area (Å²) in [4.78, 5) is 26.8. The van der Waals surface area contributed by atoms with E-state index in [1.54, 1.807) is 23.1 Å². The first-order chi connectivity index (χ1) is 13.0. The number of likely N-dealkylation sites (tertiary alicyclic amines) is 1. The lowest BCUT2D eigenvalue weighted by Gasteiger charge is -2.45. The van der Waals surface area contributed by atoms with Gasteiger partial charge in [0.25, 0.3) is 5.91 Å². The first kappa shape index (κ1) is 17.7. The number of amides is 3. The van der Waals surface area contributed by atoms with E-state index in [2.05, 4.69) is 16.0 Å². The number of nitrogens with one attached hydrogen (secondary N) is 3. The van der Waals surface area contributed by atoms with E-state index >= 15 is 0 Å². The molecule has 0 aliphatic carbocycles. The van der Waals surface area contributed by atoms with E-state index in [0.29, 0.717) is 36.5 Å². The molecule has 1 saturated heterocycles. The second kappa shape index (κ2) is 6.78. The molecular formula is C20H21ClN4O2. The lowest BCUT2D eigenvalue weighted by molar-refractivity contribution is 0.0852. The zero-order chi connectivity index (χ0) is 19.0. The van der Waals surface area contributed by atoms with Crippen LogP contribution >= 0.6 is 11.6 Å². The van der Waals surface area contributed by atoms with E-state index < -0.39 is 5.66 Å². The Labute approximate surface area is 162 Å². The quantitative estimate of drug-likeness (QED) is 0.699. The molecule has 1 fully saturated rings. The number of carbonyl (C=O) groups excluding carboxylic acids is 2. The molecule has 0 aromatic heterocycles. The predicted molar refractivity (Wildman–Crippen MR) is 106 cm³/mol. The maximum absolute atomic E-state index is 12.6. The zero-order valence-corrected chi connectivity index (χ0v) is 15.8. The number of aryl methyl sites for hydroxylation is 1. The molecule has 0 atom stereocenters. The number of urea groups is 1. The number of piperidine rings is 1. The number of rotatable bonds is 1. The number of hydrogen-bond donors (Lipinski definition) is 3. The molecular weight excluding hydrogens is 364 g/mol. The molecule has 1 spiro atoms. The van der Waals surface area contributed by atoms with Gasteiger partial charge >= 0.3 is 6.03 Å². The van der Waals surface area contributed by atoms with Gasteiger partial charge in [-0.15, -0.1) is 0 Å². The van der Waals surface area contributed by atoms with Gasteiger partial charge in [0.2, 0.25) is 0 Å². The molecule has 2 aromatic rings. The number of hydrogen-bond acceptors (Lipinski definition) is 3. The fourth-order valence-electron chi connectivity index (χ4n) is 3.64. The van der Waals surface area contributed by atoms with Gasteiger partial charge in [0.15, 0.2) is 0 Å². The number of benzene rings is 2. The number of carbonyl (C=O) groups is 2. The number of fused-ring (bicyclic) bond motifs is 1. The van der Waals surface area contributed by atoms with Crippen molar-refractivity contribution < 1.29 is 9.59 Å². The standard InChI is InChI=1S/C20H21ClN4O2/c1-13-4-2-3-5-16(13)22-19(27)25-10-8-20(9-11-25)23-17-12-14(21)6-7-15(17)18(26)24-20/h2-7,12,23H,8-11H2,1H3,(H,22,27)(H,24,26). The van der Waals surface area contributed by atoms with Crippen LogP contribution in [0.15, 0.2) is 42.5 Å². The predicted octanol–water partition coefficient (Wildman–Crippen LogP) is 3.83. The lowest BCUT2D eigenvalue weighted by Crippen LogP contribution is -2.63. The highest BCUT2D eigenvalue weighted by atomic mass is 35.5. The first-order valence-corrected chi connectivity index (χ1v) is 9.35. The lowest BCUT2D eigenvalue weighted by atomic mass is 9.92. The van der Waals surface area contributed by atoms with Crippen molar-refractivity contribution in [2.75, 3.05) is 23.7 Å². The number of nitrogens with zero attached hydrogens (tertiary/aromatic N) is 1. The summed E-state index contributed by atoms with van der Waals surface area (Å²) in [5, 5.41) is 10.1. The molecule has 2 aromatic carbocycles. The monoisotopic (exact) mass is 384 g/mol. The Morgan fingerprint density at radius 2 is 1.89 bits per heavy atom. The smallest absolute Gasteiger partial charge is 0.321 e. The second-order valence-corrected chi connectivity index (χ2v) is 7.52. The average Bonchev–Trinajstić information content (AvgIpc) is 2.63. The van der Waals surface area contributed by atoms with Crippen molar-refractivity contribution in [2.45, 2.75) is 25.4 Å². The minimum absolute atomic E-state index is 0.113. The van der Waals surface area contributed by atoms with Crippen LogP contribution in [-0.4, -0.2) is 35.6 Å². The van der Waals surface area contributed by atoms with Crippen molar-refractivity contribution in [1.29, 1.82) is 0 Å². The van der Waals surface area contributed by atoms with Gasteiger partial charge in [0, 0.05) is 36.6 Å². The topological polar surface area (TPSA) is 73.5 Å². The Morgan fingerprint density at radius 1 is 1.15 bits per heavy atom. The summed E-state index contributed by atoms with van der Waals surface area (Å²) in [6.45, 7) is 3.05. The minimum Gasteiger partial charge on any atom is -0.362 e. The van der Waals surface area contributed by atoms with Gasteiger partial charge in [-0.25, -0.2) is 4.79 Å². The fraction of sp³-hybridized carbons (Fsp3) is 0.300. The Balaban J connectivity index is 1.44. The molecule has 6 nitrogen and oxygen atoms in total. The van der Waals surface area contributed by atoms with Crippen molar-refractivity contribution in [3.63, 3.8) is 0 Å². The number of halogens is 1. The molecule has 0 bridgehead atoms. The molecule has 2 aliphatic heterocycles. The molecule has 27 heavy (non-hydrogen) atoms. The van der Waals surface area contributed by atoms with E-state index in [1.807, 2.05) is 31.2 Å². The van der Waals surface area contributed by atoms with Crippen molar-refractivity contribution in [2.24, 2.45) is 0 Å². The molecule has 0 radical (unpaired) electrons. The Hall–Kier alpha value is -2.73. The molecule has 3 amide bonds. The van der Waals surface area contributed by atoms with Gasteiger partial charge in [0.05, 0.1) is 11.3 Å². The van der Waals surface area contributed by atoms with Crippen LogP contribution in [0, 0.1) is 6.92 Å². The Morgan fingerprint density at radius 3 is 2.63 bits per heavy atom. The average molecular weight is 385 g/mol. The van der Waals surface area contributed by atoms with Crippen LogP contribution in [0.2, 0.25) is 5.02 Å². The highest BCUT2D eigenvalue weighted by Crippen LogP contribution is 2.33. The first-order valence-electron chi connectivity index (χ1n) is 8.98. The van der Waals surface area contributed by atoms with Crippen LogP contribution in [0.1, 0.15) is 28.8 Å². The van der Waals surface area contributed by atoms with E-state index in [9.17, 15) is 9.59 Å². The Bertz CT molecular complexity index is 907. The molecule has 4 rings (SSSR count). The number of para-hydroxylation sites is 1. The van der Waals surface area contributed by atoms with Gasteiger partial charge in [0.1, 0.15) is 5.66 Å². The largest absolute Gasteiger partial charge is 0.362 e. The summed E-state index contributed by atoms with van der Waals surface area (Å²) >= 11 is 6.07. The van der Waals surface area contributed by atoms with E-state index in [-0.39, 0.29) is 11.9 Å². The van der Waals surface area contributed by atoms with Gasteiger partial charge in [-0.3, -0.25) is 4.79 Å². The van der Waals surface area contributed by atoms with Crippen molar-refractivity contribution in [1.82, 2.24) is 10.2 Å². The van der Waals surface area contributed by atoms with E-state index in [4.69, 9.17) is 11.6 Å². The second-order valence-electron chi connectivity index (χ2n) is 7.08. The third kappa shape index (κ3) is 3.45. The van der Waals surface area contributed by atoms with Crippen LogP contribution in [-0.2, 0) is 0 Å². The van der Waals surface area contributed by atoms with Crippen molar-refractivity contribution in [3.05, 3.63) is 58.6 Å². The van der Waals surface area contributed by atoms with Gasteiger partial charge < -0.3 is 20.9 Å². The SMILES string of the molecule is Cc1ccccc1NC(=O)N1CCC2(CC1)NC(=O)c1ccc(Cl)cc1N2. The maximum atomic E-state index is 12.6. The maximum Gasteiger partial charge on any atom is 0.321 e. The van der Waals surface area contributed by atoms with Crippen molar-refractivity contribution >= 4 is 34.9 Å².